The first-order chi connectivity index (χ1) is 15.7. The summed E-state index contributed by atoms with van der Waals surface area (Å²) in [7, 11) is 0. The molecule has 2 aromatic rings. The number of nitrogens with zero attached hydrogens (tertiary/aromatic N) is 1. The molecule has 0 saturated carbocycles. The minimum absolute atomic E-state index is 0.0586. The van der Waals surface area contributed by atoms with Crippen molar-refractivity contribution >= 4 is 11.0 Å². The molecule has 2 N–H and O–H groups in total. The Morgan fingerprint density at radius 2 is 1.81 bits per heavy atom. The maximum atomic E-state index is 10.8. The monoisotopic (exact) mass is 431 g/mol. The molecule has 3 aliphatic rings. The van der Waals surface area contributed by atoms with E-state index in [1.807, 2.05) is 55.5 Å². The van der Waals surface area contributed by atoms with E-state index in [0.717, 1.165) is 39.4 Å². The first-order valence-corrected chi connectivity index (χ1v) is 10.9. The van der Waals surface area contributed by atoms with Crippen molar-refractivity contribution in [1.29, 1.82) is 0 Å². The Bertz CT molecular complexity index is 1300. The molecular weight excluding hydrogens is 406 g/mol. The number of hydrogen-bond donors (Lipinski definition) is 2. The van der Waals surface area contributed by atoms with Gasteiger partial charge in [0.2, 0.25) is 0 Å². The second-order valence-corrected chi connectivity index (χ2v) is 7.75. The lowest BCUT2D eigenvalue weighted by molar-refractivity contribution is -0.183. The fourth-order valence-electron chi connectivity index (χ4n) is 4.31. The first-order valence-electron chi connectivity index (χ1n) is 10.9. The lowest BCUT2D eigenvalue weighted by Crippen LogP contribution is -2.18. The van der Waals surface area contributed by atoms with Crippen molar-refractivity contribution in [1.82, 2.24) is 0 Å². The molecule has 164 valence electrons. The zero-order valence-corrected chi connectivity index (χ0v) is 17.9. The fraction of sp³-hybridized carbons (Fsp3) is 0.269. The highest BCUT2D eigenvalue weighted by molar-refractivity contribution is 6.04. The maximum absolute atomic E-state index is 10.8. The summed E-state index contributed by atoms with van der Waals surface area (Å²) in [6.45, 7) is 3.66. The van der Waals surface area contributed by atoms with Crippen molar-refractivity contribution in [3.8, 4) is 28.2 Å². The highest BCUT2D eigenvalue weighted by Crippen LogP contribution is 2.45. The average Bonchev–Trinajstić information content (AvgIpc) is 2.83. The Kier molecular flexibility index (Phi) is 5.66. The average molecular weight is 431 g/mol. The van der Waals surface area contributed by atoms with Gasteiger partial charge >= 0.3 is 0 Å². The summed E-state index contributed by atoms with van der Waals surface area (Å²) in [6, 6.07) is 17.1. The van der Waals surface area contributed by atoms with Gasteiger partial charge < -0.3 is 24.1 Å². The fourth-order valence-corrected chi connectivity index (χ4v) is 4.31. The van der Waals surface area contributed by atoms with Crippen LogP contribution in [0.3, 0.4) is 0 Å². The molecule has 1 fully saturated rings. The third-order valence-electron chi connectivity index (χ3n) is 5.75. The van der Waals surface area contributed by atoms with Crippen LogP contribution in [0, 0.1) is 0 Å². The van der Waals surface area contributed by atoms with E-state index >= 15 is 0 Å². The van der Waals surface area contributed by atoms with E-state index in [1.165, 1.54) is 0 Å². The SMILES string of the molecule is CC/N=c1\ccc2c(-c3ccccc3CO)c3ccc(O)c(C4OCCCO4)c3oc-2c1. The van der Waals surface area contributed by atoms with Gasteiger partial charge in [0.15, 0.2) is 6.29 Å². The molecule has 0 radical (unpaired) electrons. The zero-order chi connectivity index (χ0) is 22.1. The van der Waals surface area contributed by atoms with E-state index in [9.17, 15) is 10.2 Å². The van der Waals surface area contributed by atoms with Crippen molar-refractivity contribution < 1.29 is 24.1 Å². The smallest absolute Gasteiger partial charge is 0.190 e. The van der Waals surface area contributed by atoms with E-state index in [-0.39, 0.29) is 12.4 Å². The van der Waals surface area contributed by atoms with E-state index in [1.54, 1.807) is 6.07 Å². The largest absolute Gasteiger partial charge is 0.507 e. The van der Waals surface area contributed by atoms with Crippen LogP contribution in [-0.2, 0) is 16.1 Å². The number of rotatable bonds is 4. The standard InChI is InChI=1S/C26H25NO5/c1-2-27-17-8-9-19-22(14-17)32-25-20(23(19)18-7-4-3-6-16(18)15-28)10-11-21(29)24(25)26-30-12-5-13-31-26/h3-4,6-11,14,26,28-29H,2,5,12-13,15H2,1H3/b27-17+. The Balaban J connectivity index is 1.90. The molecule has 1 saturated heterocycles. The molecule has 2 aromatic carbocycles. The molecule has 2 aliphatic heterocycles. The third-order valence-corrected chi connectivity index (χ3v) is 5.75. The molecule has 6 heteroatoms. The molecular formula is C26H25NO5. The number of benzene rings is 3. The Morgan fingerprint density at radius 3 is 2.59 bits per heavy atom. The highest BCUT2D eigenvalue weighted by Gasteiger charge is 2.27. The molecule has 6 nitrogen and oxygen atoms in total. The summed E-state index contributed by atoms with van der Waals surface area (Å²) >= 11 is 0. The van der Waals surface area contributed by atoms with E-state index in [4.69, 9.17) is 13.9 Å². The van der Waals surface area contributed by atoms with Crippen LogP contribution in [0.25, 0.3) is 33.4 Å². The van der Waals surface area contributed by atoms with Crippen LogP contribution in [0.1, 0.15) is 30.8 Å². The summed E-state index contributed by atoms with van der Waals surface area (Å²) < 4.78 is 18.0. The van der Waals surface area contributed by atoms with Gasteiger partial charge in [-0.15, -0.1) is 0 Å². The molecule has 0 atom stereocenters. The van der Waals surface area contributed by atoms with Crippen LogP contribution in [0.15, 0.2) is 64.0 Å². The molecule has 5 rings (SSSR count). The predicted octanol–water partition coefficient (Wildman–Crippen LogP) is 4.76. The number of aliphatic hydroxyl groups excluding tert-OH is 1. The maximum Gasteiger partial charge on any atom is 0.190 e. The summed E-state index contributed by atoms with van der Waals surface area (Å²) in [5.41, 5.74) is 4.51. The second-order valence-electron chi connectivity index (χ2n) is 7.75. The normalized spacial score (nSPS) is 15.6. The van der Waals surface area contributed by atoms with Crippen LogP contribution in [0.4, 0.5) is 0 Å². The second kappa shape index (κ2) is 8.74. The van der Waals surface area contributed by atoms with E-state index in [0.29, 0.717) is 36.7 Å². The van der Waals surface area contributed by atoms with Gasteiger partial charge in [0, 0.05) is 29.1 Å². The predicted molar refractivity (Wildman–Crippen MR) is 121 cm³/mol. The van der Waals surface area contributed by atoms with E-state index < -0.39 is 6.29 Å². The molecule has 0 bridgehead atoms. The van der Waals surface area contributed by atoms with Crippen LogP contribution >= 0.6 is 0 Å². The Morgan fingerprint density at radius 1 is 1.00 bits per heavy atom. The van der Waals surface area contributed by atoms with Gasteiger partial charge in [0.05, 0.1) is 30.7 Å². The zero-order valence-electron chi connectivity index (χ0n) is 17.9. The molecule has 2 heterocycles. The van der Waals surface area contributed by atoms with Crippen molar-refractivity contribution in [3.63, 3.8) is 0 Å². The summed E-state index contributed by atoms with van der Waals surface area (Å²) in [6.07, 6.45) is 0.0946. The lowest BCUT2D eigenvalue weighted by Gasteiger charge is -2.26. The quantitative estimate of drug-likeness (QED) is 0.455. The number of aliphatic hydroxyl groups is 1. The van der Waals surface area contributed by atoms with Crippen LogP contribution < -0.4 is 5.36 Å². The van der Waals surface area contributed by atoms with Crippen molar-refractivity contribution in [2.45, 2.75) is 26.2 Å². The molecule has 0 amide bonds. The topological polar surface area (TPSA) is 84.4 Å². The number of phenolic OH excluding ortho intramolecular Hbond substituents is 1. The molecule has 32 heavy (non-hydrogen) atoms. The molecule has 0 aromatic heterocycles. The van der Waals surface area contributed by atoms with Crippen LogP contribution in [0.2, 0.25) is 0 Å². The molecule has 0 spiro atoms. The summed E-state index contributed by atoms with van der Waals surface area (Å²) in [4.78, 5) is 4.50. The Hall–Kier alpha value is -3.19. The van der Waals surface area contributed by atoms with Gasteiger partial charge in [0.1, 0.15) is 17.1 Å². The number of aromatic hydroxyl groups is 1. The van der Waals surface area contributed by atoms with Gasteiger partial charge in [-0.1, -0.05) is 24.3 Å². The number of hydrogen-bond acceptors (Lipinski definition) is 6. The van der Waals surface area contributed by atoms with Gasteiger partial charge in [0.25, 0.3) is 0 Å². The number of ether oxygens (including phenoxy) is 2. The van der Waals surface area contributed by atoms with Crippen LogP contribution in [0.5, 0.6) is 5.75 Å². The molecule has 0 unspecified atom stereocenters. The third kappa shape index (κ3) is 3.56. The van der Waals surface area contributed by atoms with Crippen LogP contribution in [-0.4, -0.2) is 30.0 Å². The van der Waals surface area contributed by atoms with Crippen molar-refractivity contribution in [2.24, 2.45) is 4.99 Å². The Labute approximate surface area is 185 Å². The number of phenols is 1. The lowest BCUT2D eigenvalue weighted by atomic mass is 9.90. The molecule has 1 aliphatic carbocycles. The van der Waals surface area contributed by atoms with Gasteiger partial charge in [-0.25, -0.2) is 0 Å². The van der Waals surface area contributed by atoms with Gasteiger partial charge in [-0.2, -0.15) is 0 Å². The van der Waals surface area contributed by atoms with E-state index in [2.05, 4.69) is 4.99 Å². The van der Waals surface area contributed by atoms with Gasteiger partial charge in [-0.3, -0.25) is 4.99 Å². The van der Waals surface area contributed by atoms with Crippen molar-refractivity contribution in [2.75, 3.05) is 19.8 Å². The van der Waals surface area contributed by atoms with Gasteiger partial charge in [-0.05, 0) is 48.7 Å². The minimum atomic E-state index is -0.710. The van der Waals surface area contributed by atoms with Crippen molar-refractivity contribution in [3.05, 3.63) is 71.1 Å². The summed E-state index contributed by atoms with van der Waals surface area (Å²) in [5.74, 6) is 0.695. The first kappa shape index (κ1) is 20.7. The number of fused-ring (bicyclic) bond motifs is 2. The summed E-state index contributed by atoms with van der Waals surface area (Å²) in [5, 5.41) is 22.4. The minimum Gasteiger partial charge on any atom is -0.507 e. The highest BCUT2D eigenvalue weighted by atomic mass is 16.7.